The number of carbonyl (C=O) groups is 1. The first kappa shape index (κ1) is 12.7. The van der Waals surface area contributed by atoms with E-state index in [1.807, 2.05) is 10.9 Å². The molecule has 0 aromatic carbocycles. The minimum Gasteiger partial charge on any atom is -0.359 e. The third kappa shape index (κ3) is 3.06. The first-order chi connectivity index (χ1) is 7.58. The standard InChI is InChI=1S/C11H20N4O/c1-8(2)15-7-9(6-14-15)4-10(5-12)11(16)13-3/h6-8,10H,4-5,12H2,1-3H3,(H,13,16). The quantitative estimate of drug-likeness (QED) is 0.757. The Labute approximate surface area is 96.0 Å². The van der Waals surface area contributed by atoms with Gasteiger partial charge in [-0.3, -0.25) is 9.48 Å². The third-order valence-corrected chi connectivity index (χ3v) is 2.57. The van der Waals surface area contributed by atoms with Crippen LogP contribution in [0.4, 0.5) is 0 Å². The molecular weight excluding hydrogens is 204 g/mol. The van der Waals surface area contributed by atoms with Crippen molar-refractivity contribution >= 4 is 5.91 Å². The molecule has 1 amide bonds. The largest absolute Gasteiger partial charge is 0.359 e. The first-order valence-electron chi connectivity index (χ1n) is 5.53. The summed E-state index contributed by atoms with van der Waals surface area (Å²) in [5.74, 6) is -0.186. The summed E-state index contributed by atoms with van der Waals surface area (Å²) < 4.78 is 1.88. The molecular formula is C11H20N4O. The molecule has 0 radical (unpaired) electrons. The number of hydrogen-bond acceptors (Lipinski definition) is 3. The number of nitrogens with two attached hydrogens (primary N) is 1. The molecule has 1 aromatic rings. The molecule has 0 aliphatic rings. The normalized spacial score (nSPS) is 12.8. The van der Waals surface area contributed by atoms with E-state index in [1.54, 1.807) is 13.2 Å². The maximum atomic E-state index is 11.5. The molecule has 0 saturated carbocycles. The van der Waals surface area contributed by atoms with Crippen LogP contribution >= 0.6 is 0 Å². The molecule has 0 fully saturated rings. The Balaban J connectivity index is 2.67. The second-order valence-electron chi connectivity index (χ2n) is 4.17. The second kappa shape index (κ2) is 5.65. The molecule has 16 heavy (non-hydrogen) atoms. The predicted molar refractivity (Wildman–Crippen MR) is 62.9 cm³/mol. The number of aromatic nitrogens is 2. The van der Waals surface area contributed by atoms with Crippen LogP contribution in [0.15, 0.2) is 12.4 Å². The smallest absolute Gasteiger partial charge is 0.224 e. The monoisotopic (exact) mass is 224 g/mol. The lowest BCUT2D eigenvalue weighted by molar-refractivity contribution is -0.124. The molecule has 0 aliphatic heterocycles. The molecule has 0 bridgehead atoms. The van der Waals surface area contributed by atoms with E-state index in [0.29, 0.717) is 19.0 Å². The highest BCUT2D eigenvalue weighted by molar-refractivity contribution is 5.78. The van der Waals surface area contributed by atoms with Gasteiger partial charge in [-0.05, 0) is 25.8 Å². The molecule has 1 atom stereocenters. The molecule has 1 heterocycles. The van der Waals surface area contributed by atoms with Gasteiger partial charge in [-0.1, -0.05) is 0 Å². The summed E-state index contributed by atoms with van der Waals surface area (Å²) in [6.45, 7) is 4.48. The lowest BCUT2D eigenvalue weighted by Gasteiger charge is -2.11. The van der Waals surface area contributed by atoms with E-state index in [0.717, 1.165) is 5.56 Å². The van der Waals surface area contributed by atoms with Crippen LogP contribution < -0.4 is 11.1 Å². The molecule has 1 rings (SSSR count). The maximum absolute atomic E-state index is 11.5. The molecule has 3 N–H and O–H groups in total. The number of rotatable bonds is 5. The van der Waals surface area contributed by atoms with Crippen LogP contribution in [-0.4, -0.2) is 29.3 Å². The van der Waals surface area contributed by atoms with Gasteiger partial charge in [0.15, 0.2) is 0 Å². The van der Waals surface area contributed by atoms with Gasteiger partial charge in [0.05, 0.1) is 12.1 Å². The van der Waals surface area contributed by atoms with Gasteiger partial charge in [-0.25, -0.2) is 0 Å². The van der Waals surface area contributed by atoms with Crippen molar-refractivity contribution in [1.82, 2.24) is 15.1 Å². The fraction of sp³-hybridized carbons (Fsp3) is 0.636. The summed E-state index contributed by atoms with van der Waals surface area (Å²) in [6, 6.07) is 0.338. The highest BCUT2D eigenvalue weighted by atomic mass is 16.1. The maximum Gasteiger partial charge on any atom is 0.224 e. The van der Waals surface area contributed by atoms with E-state index < -0.39 is 0 Å². The highest BCUT2D eigenvalue weighted by Gasteiger charge is 2.16. The van der Waals surface area contributed by atoms with Crippen molar-refractivity contribution in [3.05, 3.63) is 18.0 Å². The van der Waals surface area contributed by atoms with E-state index in [9.17, 15) is 4.79 Å². The van der Waals surface area contributed by atoms with Crippen LogP contribution in [0.1, 0.15) is 25.5 Å². The Morgan fingerprint density at radius 2 is 2.31 bits per heavy atom. The minimum absolute atomic E-state index is 0.0141. The van der Waals surface area contributed by atoms with Gasteiger partial charge in [0, 0.05) is 25.8 Å². The summed E-state index contributed by atoms with van der Waals surface area (Å²) in [4.78, 5) is 11.5. The summed E-state index contributed by atoms with van der Waals surface area (Å²) in [7, 11) is 1.63. The minimum atomic E-state index is -0.171. The Bertz CT molecular complexity index is 346. The van der Waals surface area contributed by atoms with Crippen molar-refractivity contribution < 1.29 is 4.79 Å². The Morgan fingerprint density at radius 1 is 1.62 bits per heavy atom. The SMILES string of the molecule is CNC(=O)C(CN)Cc1cnn(C(C)C)c1. The molecule has 90 valence electrons. The van der Waals surface area contributed by atoms with Crippen molar-refractivity contribution in [1.29, 1.82) is 0 Å². The van der Waals surface area contributed by atoms with Crippen LogP contribution in [0.5, 0.6) is 0 Å². The summed E-state index contributed by atoms with van der Waals surface area (Å²) >= 11 is 0. The van der Waals surface area contributed by atoms with Gasteiger partial charge in [0.2, 0.25) is 5.91 Å². The third-order valence-electron chi connectivity index (χ3n) is 2.57. The Kier molecular flexibility index (Phi) is 4.49. The fourth-order valence-electron chi connectivity index (χ4n) is 1.54. The molecule has 0 saturated heterocycles. The number of carbonyl (C=O) groups excluding carboxylic acids is 1. The highest BCUT2D eigenvalue weighted by Crippen LogP contribution is 2.10. The molecule has 5 nitrogen and oxygen atoms in total. The van der Waals surface area contributed by atoms with Crippen molar-refractivity contribution in [2.45, 2.75) is 26.3 Å². The first-order valence-corrected chi connectivity index (χ1v) is 5.53. The van der Waals surface area contributed by atoms with Crippen molar-refractivity contribution in [3.8, 4) is 0 Å². The summed E-state index contributed by atoms with van der Waals surface area (Å²) in [5, 5.41) is 6.85. The predicted octanol–water partition coefficient (Wildman–Crippen LogP) is 0.327. The van der Waals surface area contributed by atoms with Gasteiger partial charge in [-0.2, -0.15) is 5.10 Å². The molecule has 1 aromatic heterocycles. The van der Waals surface area contributed by atoms with Gasteiger partial charge in [0.25, 0.3) is 0 Å². The van der Waals surface area contributed by atoms with Crippen molar-refractivity contribution in [3.63, 3.8) is 0 Å². The summed E-state index contributed by atoms with van der Waals surface area (Å²) in [6.07, 6.45) is 4.41. The number of nitrogens with one attached hydrogen (secondary N) is 1. The van der Waals surface area contributed by atoms with Crippen LogP contribution in [-0.2, 0) is 11.2 Å². The average Bonchev–Trinajstić information content (AvgIpc) is 2.73. The molecule has 5 heteroatoms. The van der Waals surface area contributed by atoms with Crippen molar-refractivity contribution in [2.24, 2.45) is 11.7 Å². The Hall–Kier alpha value is -1.36. The van der Waals surface area contributed by atoms with E-state index in [1.165, 1.54) is 0 Å². The number of amides is 1. The Morgan fingerprint density at radius 3 is 2.75 bits per heavy atom. The zero-order chi connectivity index (χ0) is 12.1. The van der Waals surface area contributed by atoms with Crippen LogP contribution in [0.3, 0.4) is 0 Å². The van der Waals surface area contributed by atoms with Gasteiger partial charge in [-0.15, -0.1) is 0 Å². The topological polar surface area (TPSA) is 72.9 Å². The average molecular weight is 224 g/mol. The van der Waals surface area contributed by atoms with E-state index in [-0.39, 0.29) is 11.8 Å². The second-order valence-corrected chi connectivity index (χ2v) is 4.17. The van der Waals surface area contributed by atoms with Crippen molar-refractivity contribution in [2.75, 3.05) is 13.6 Å². The van der Waals surface area contributed by atoms with E-state index >= 15 is 0 Å². The van der Waals surface area contributed by atoms with Gasteiger partial charge < -0.3 is 11.1 Å². The van der Waals surface area contributed by atoms with E-state index in [4.69, 9.17) is 5.73 Å². The lowest BCUT2D eigenvalue weighted by Crippen LogP contribution is -2.33. The van der Waals surface area contributed by atoms with Gasteiger partial charge >= 0.3 is 0 Å². The lowest BCUT2D eigenvalue weighted by atomic mass is 10.0. The molecule has 0 aliphatic carbocycles. The zero-order valence-corrected chi connectivity index (χ0v) is 10.1. The van der Waals surface area contributed by atoms with Crippen LogP contribution in [0, 0.1) is 5.92 Å². The fourth-order valence-corrected chi connectivity index (χ4v) is 1.54. The van der Waals surface area contributed by atoms with Crippen LogP contribution in [0.2, 0.25) is 0 Å². The molecule has 0 spiro atoms. The van der Waals surface area contributed by atoms with Gasteiger partial charge in [0.1, 0.15) is 0 Å². The number of nitrogens with zero attached hydrogens (tertiary/aromatic N) is 2. The zero-order valence-electron chi connectivity index (χ0n) is 10.1. The van der Waals surface area contributed by atoms with Crippen LogP contribution in [0.25, 0.3) is 0 Å². The summed E-state index contributed by atoms with van der Waals surface area (Å²) in [5.41, 5.74) is 6.62. The van der Waals surface area contributed by atoms with E-state index in [2.05, 4.69) is 24.3 Å². The number of hydrogen-bond donors (Lipinski definition) is 2. The molecule has 1 unspecified atom stereocenters.